The molecule has 2 rings (SSSR count). The van der Waals surface area contributed by atoms with Crippen LogP contribution in [0.5, 0.6) is 5.75 Å². The number of halogens is 1. The summed E-state index contributed by atoms with van der Waals surface area (Å²) in [5.41, 5.74) is 0.824. The molecule has 0 spiro atoms. The molecule has 136 valence electrons. The number of rotatable bonds is 7. The van der Waals surface area contributed by atoms with E-state index >= 15 is 0 Å². The van der Waals surface area contributed by atoms with Gasteiger partial charge >= 0.3 is 0 Å². The summed E-state index contributed by atoms with van der Waals surface area (Å²) >= 11 is 0. The molecule has 0 aromatic heterocycles. The van der Waals surface area contributed by atoms with Gasteiger partial charge in [-0.05, 0) is 37.5 Å². The fraction of sp³-hybridized carbons (Fsp3) is 0.588. The molecule has 0 radical (unpaired) electrons. The Balaban J connectivity index is 0.00000288. The van der Waals surface area contributed by atoms with E-state index in [-0.39, 0.29) is 30.1 Å². The number of aliphatic imine (C=N–C) groups is 1. The van der Waals surface area contributed by atoms with Crippen LogP contribution in [-0.2, 0) is 4.74 Å². The Labute approximate surface area is 161 Å². The molecule has 1 aromatic carbocycles. The van der Waals surface area contributed by atoms with Gasteiger partial charge in [0, 0.05) is 19.7 Å². The van der Waals surface area contributed by atoms with Gasteiger partial charge in [0.05, 0.1) is 25.9 Å². The van der Waals surface area contributed by atoms with Crippen molar-refractivity contribution in [1.29, 1.82) is 0 Å². The molecular formula is C17H28IN3O3. The largest absolute Gasteiger partial charge is 0.497 e. The van der Waals surface area contributed by atoms with E-state index < -0.39 is 6.10 Å². The lowest BCUT2D eigenvalue weighted by molar-refractivity contribution is 0.113. The summed E-state index contributed by atoms with van der Waals surface area (Å²) in [6, 6.07) is 7.38. The quantitative estimate of drug-likeness (QED) is 0.338. The standard InChI is InChI=1S/C17H27N3O3.HI/c1-3-18-17(19-11-15-5-4-10-23-15)20-12-16(21)13-6-8-14(22-2)9-7-13;/h6-9,15-16,21H,3-5,10-12H2,1-2H3,(H2,18,19,20);1H. The zero-order valence-electron chi connectivity index (χ0n) is 14.3. The van der Waals surface area contributed by atoms with E-state index in [2.05, 4.69) is 15.6 Å². The molecule has 0 bridgehead atoms. The summed E-state index contributed by atoms with van der Waals surface area (Å²) < 4.78 is 10.7. The first-order valence-corrected chi connectivity index (χ1v) is 8.18. The lowest BCUT2D eigenvalue weighted by Crippen LogP contribution is -2.41. The van der Waals surface area contributed by atoms with Gasteiger partial charge in [-0.15, -0.1) is 24.0 Å². The fourth-order valence-electron chi connectivity index (χ4n) is 2.47. The third-order valence-electron chi connectivity index (χ3n) is 3.79. The Hall–Kier alpha value is -1.06. The zero-order chi connectivity index (χ0) is 16.5. The minimum Gasteiger partial charge on any atom is -0.497 e. The predicted molar refractivity (Wildman–Crippen MR) is 106 cm³/mol. The van der Waals surface area contributed by atoms with Crippen LogP contribution in [0.3, 0.4) is 0 Å². The predicted octanol–water partition coefficient (Wildman–Crippen LogP) is 2.08. The van der Waals surface area contributed by atoms with Crippen LogP contribution in [0, 0.1) is 0 Å². The van der Waals surface area contributed by atoms with Gasteiger partial charge in [-0.25, -0.2) is 0 Å². The molecule has 1 heterocycles. The highest BCUT2D eigenvalue weighted by atomic mass is 127. The first-order chi connectivity index (χ1) is 11.2. The molecule has 2 atom stereocenters. The molecule has 0 amide bonds. The minimum atomic E-state index is -0.640. The molecular weight excluding hydrogens is 421 g/mol. The van der Waals surface area contributed by atoms with Crippen molar-refractivity contribution in [2.75, 3.05) is 33.4 Å². The summed E-state index contributed by atoms with van der Waals surface area (Å²) in [5, 5.41) is 16.7. The maximum absolute atomic E-state index is 10.3. The van der Waals surface area contributed by atoms with Crippen LogP contribution >= 0.6 is 24.0 Å². The van der Waals surface area contributed by atoms with E-state index in [1.807, 2.05) is 31.2 Å². The normalized spacial score (nSPS) is 18.6. The first-order valence-electron chi connectivity index (χ1n) is 8.18. The Kier molecular flexibility index (Phi) is 10.0. The molecule has 1 aliphatic rings. The van der Waals surface area contributed by atoms with Gasteiger partial charge in [-0.2, -0.15) is 0 Å². The van der Waals surface area contributed by atoms with Crippen molar-refractivity contribution in [3.8, 4) is 5.75 Å². The Morgan fingerprint density at radius 3 is 2.71 bits per heavy atom. The molecule has 1 saturated heterocycles. The number of nitrogens with zero attached hydrogens (tertiary/aromatic N) is 1. The molecule has 24 heavy (non-hydrogen) atoms. The van der Waals surface area contributed by atoms with Gasteiger partial charge in [0.1, 0.15) is 5.75 Å². The average Bonchev–Trinajstić information content (AvgIpc) is 3.10. The van der Waals surface area contributed by atoms with Crippen molar-refractivity contribution in [1.82, 2.24) is 10.6 Å². The summed E-state index contributed by atoms with van der Waals surface area (Å²) in [7, 11) is 1.62. The highest BCUT2D eigenvalue weighted by Crippen LogP contribution is 2.17. The molecule has 1 fully saturated rings. The third kappa shape index (κ3) is 6.82. The number of hydrogen-bond donors (Lipinski definition) is 3. The topological polar surface area (TPSA) is 75.1 Å². The van der Waals surface area contributed by atoms with Crippen molar-refractivity contribution in [3.63, 3.8) is 0 Å². The second-order valence-corrected chi connectivity index (χ2v) is 5.52. The molecule has 1 aromatic rings. The molecule has 7 heteroatoms. The average molecular weight is 449 g/mol. The first kappa shape index (κ1) is 21.0. The Bertz CT molecular complexity index is 490. The molecule has 2 unspecified atom stereocenters. The van der Waals surface area contributed by atoms with Crippen LogP contribution in [0.1, 0.15) is 31.4 Å². The molecule has 0 aliphatic carbocycles. The number of methoxy groups -OCH3 is 1. The van der Waals surface area contributed by atoms with Crippen LogP contribution in [-0.4, -0.2) is 50.5 Å². The van der Waals surface area contributed by atoms with Crippen LogP contribution in [0.15, 0.2) is 29.3 Å². The van der Waals surface area contributed by atoms with Crippen molar-refractivity contribution in [3.05, 3.63) is 29.8 Å². The SMILES string of the molecule is CCNC(=NCC(O)c1ccc(OC)cc1)NCC1CCCO1.I. The van der Waals surface area contributed by atoms with E-state index in [0.29, 0.717) is 12.5 Å². The smallest absolute Gasteiger partial charge is 0.191 e. The Morgan fingerprint density at radius 2 is 2.12 bits per heavy atom. The summed E-state index contributed by atoms with van der Waals surface area (Å²) in [4.78, 5) is 4.45. The summed E-state index contributed by atoms with van der Waals surface area (Å²) in [5.74, 6) is 1.48. The zero-order valence-corrected chi connectivity index (χ0v) is 16.7. The van der Waals surface area contributed by atoms with Crippen molar-refractivity contribution in [2.45, 2.75) is 32.0 Å². The maximum Gasteiger partial charge on any atom is 0.191 e. The number of aliphatic hydroxyl groups is 1. The minimum absolute atomic E-state index is 0. The van der Waals surface area contributed by atoms with Crippen LogP contribution in [0.4, 0.5) is 0 Å². The number of ether oxygens (including phenoxy) is 2. The van der Waals surface area contributed by atoms with Crippen LogP contribution < -0.4 is 15.4 Å². The van der Waals surface area contributed by atoms with Gasteiger partial charge in [0.25, 0.3) is 0 Å². The fourth-order valence-corrected chi connectivity index (χ4v) is 2.47. The van der Waals surface area contributed by atoms with Crippen molar-refractivity contribution in [2.24, 2.45) is 4.99 Å². The van der Waals surface area contributed by atoms with Crippen LogP contribution in [0.25, 0.3) is 0 Å². The maximum atomic E-state index is 10.3. The van der Waals surface area contributed by atoms with Gasteiger partial charge in [-0.3, -0.25) is 4.99 Å². The molecule has 0 saturated carbocycles. The van der Waals surface area contributed by atoms with E-state index in [9.17, 15) is 5.11 Å². The number of nitrogens with one attached hydrogen (secondary N) is 2. The van der Waals surface area contributed by atoms with Gasteiger partial charge in [0.15, 0.2) is 5.96 Å². The number of guanidine groups is 1. The van der Waals surface area contributed by atoms with E-state index in [1.54, 1.807) is 7.11 Å². The Morgan fingerprint density at radius 1 is 1.38 bits per heavy atom. The second kappa shape index (κ2) is 11.5. The summed E-state index contributed by atoms with van der Waals surface area (Å²) in [6.07, 6.45) is 1.82. The van der Waals surface area contributed by atoms with Gasteiger partial charge in [0.2, 0.25) is 0 Å². The van der Waals surface area contributed by atoms with Crippen molar-refractivity contribution < 1.29 is 14.6 Å². The monoisotopic (exact) mass is 449 g/mol. The highest BCUT2D eigenvalue weighted by Gasteiger charge is 2.15. The second-order valence-electron chi connectivity index (χ2n) is 5.52. The summed E-state index contributed by atoms with van der Waals surface area (Å²) in [6.45, 7) is 4.67. The number of benzene rings is 1. The van der Waals surface area contributed by atoms with E-state index in [4.69, 9.17) is 9.47 Å². The molecule has 6 nitrogen and oxygen atoms in total. The molecule has 3 N–H and O–H groups in total. The number of aliphatic hydroxyl groups excluding tert-OH is 1. The van der Waals surface area contributed by atoms with E-state index in [0.717, 1.165) is 43.9 Å². The van der Waals surface area contributed by atoms with Gasteiger partial charge < -0.3 is 25.2 Å². The lowest BCUT2D eigenvalue weighted by Gasteiger charge is -2.16. The molecule has 1 aliphatic heterocycles. The van der Waals surface area contributed by atoms with E-state index in [1.165, 1.54) is 0 Å². The van der Waals surface area contributed by atoms with Crippen molar-refractivity contribution >= 4 is 29.9 Å². The third-order valence-corrected chi connectivity index (χ3v) is 3.79. The van der Waals surface area contributed by atoms with Crippen LogP contribution in [0.2, 0.25) is 0 Å². The van der Waals surface area contributed by atoms with Gasteiger partial charge in [-0.1, -0.05) is 12.1 Å². The lowest BCUT2D eigenvalue weighted by atomic mass is 10.1. The number of hydrogen-bond acceptors (Lipinski definition) is 4. The highest BCUT2D eigenvalue weighted by molar-refractivity contribution is 14.0.